The van der Waals surface area contributed by atoms with Gasteiger partial charge in [-0.3, -0.25) is 9.59 Å². The van der Waals surface area contributed by atoms with Gasteiger partial charge in [0.15, 0.2) is 0 Å². The molecule has 0 aromatic heterocycles. The Bertz CT molecular complexity index is 191. The lowest BCUT2D eigenvalue weighted by molar-refractivity contribution is -0.132. The van der Waals surface area contributed by atoms with E-state index in [-0.39, 0.29) is 11.9 Å². The summed E-state index contributed by atoms with van der Waals surface area (Å²) in [6.07, 6.45) is 3.46. The van der Waals surface area contributed by atoms with E-state index in [2.05, 4.69) is 0 Å². The van der Waals surface area contributed by atoms with Gasteiger partial charge >= 0.3 is 6.41 Å². The molecule has 0 bridgehead atoms. The highest BCUT2D eigenvalue weighted by Gasteiger charge is 2.30. The van der Waals surface area contributed by atoms with E-state index in [1.807, 2.05) is 0 Å². The predicted octanol–water partition coefficient (Wildman–Crippen LogP) is -0.394. The van der Waals surface area contributed by atoms with Crippen LogP contribution in [0.3, 0.4) is 0 Å². The van der Waals surface area contributed by atoms with Crippen molar-refractivity contribution in [2.24, 2.45) is 0 Å². The van der Waals surface area contributed by atoms with Gasteiger partial charge in [0.25, 0.3) is 0 Å². The van der Waals surface area contributed by atoms with E-state index in [1.165, 1.54) is 9.80 Å². The summed E-state index contributed by atoms with van der Waals surface area (Å²) < 4.78 is 0. The van der Waals surface area contributed by atoms with E-state index >= 15 is 0 Å². The summed E-state index contributed by atoms with van der Waals surface area (Å²) in [5, 5.41) is 0. The molecule has 1 rings (SSSR count). The van der Waals surface area contributed by atoms with E-state index in [1.54, 1.807) is 20.5 Å². The van der Waals surface area contributed by atoms with Crippen LogP contribution in [0.25, 0.3) is 0 Å². The molecule has 0 unspecified atom stereocenters. The van der Waals surface area contributed by atoms with Crippen LogP contribution in [0.2, 0.25) is 0 Å². The van der Waals surface area contributed by atoms with Crippen molar-refractivity contribution in [2.45, 2.75) is 18.9 Å². The summed E-state index contributed by atoms with van der Waals surface area (Å²) in [6, 6.07) is -0.266. The maximum absolute atomic E-state index is 11.4. The first-order valence-corrected chi connectivity index (χ1v) is 4.02. The van der Waals surface area contributed by atoms with Crippen molar-refractivity contribution >= 4 is 12.3 Å². The zero-order valence-electron chi connectivity index (χ0n) is 7.41. The summed E-state index contributed by atoms with van der Waals surface area (Å²) in [4.78, 5) is 24.8. The lowest BCUT2D eigenvalue weighted by Crippen LogP contribution is -2.41. The molecular formula is C8H13N2O2. The lowest BCUT2D eigenvalue weighted by Gasteiger charge is -2.21. The Morgan fingerprint density at radius 1 is 1.58 bits per heavy atom. The first kappa shape index (κ1) is 9.03. The SMILES string of the molecule is CN(C)C(=O)[C@@H]1CCCN1[C]=O. The maximum Gasteiger partial charge on any atom is 0.312 e. The minimum atomic E-state index is -0.266. The molecular weight excluding hydrogens is 156 g/mol. The lowest BCUT2D eigenvalue weighted by atomic mass is 10.2. The first-order chi connectivity index (χ1) is 5.66. The largest absolute Gasteiger partial charge is 0.347 e. The van der Waals surface area contributed by atoms with Crippen LogP contribution in [0.5, 0.6) is 0 Å². The molecule has 1 aliphatic rings. The standard InChI is InChI=1S/C8H13N2O2/c1-9(2)8(12)7-4-3-5-10(7)6-11/h7H,3-5H2,1-2H3/t7-/m0/s1. The smallest absolute Gasteiger partial charge is 0.312 e. The summed E-state index contributed by atoms with van der Waals surface area (Å²) in [5.41, 5.74) is 0. The molecule has 1 atom stereocenters. The molecule has 12 heavy (non-hydrogen) atoms. The van der Waals surface area contributed by atoms with E-state index in [4.69, 9.17) is 0 Å². The van der Waals surface area contributed by atoms with Crippen molar-refractivity contribution in [1.82, 2.24) is 9.80 Å². The van der Waals surface area contributed by atoms with Gasteiger partial charge in [-0.1, -0.05) is 0 Å². The molecule has 1 heterocycles. The quantitative estimate of drug-likeness (QED) is 0.564. The molecule has 4 heteroatoms. The van der Waals surface area contributed by atoms with Crippen molar-refractivity contribution < 1.29 is 9.59 Å². The molecule has 1 saturated heterocycles. The maximum atomic E-state index is 11.4. The van der Waals surface area contributed by atoms with Crippen molar-refractivity contribution in [3.8, 4) is 0 Å². The highest BCUT2D eigenvalue weighted by Crippen LogP contribution is 2.16. The van der Waals surface area contributed by atoms with Crippen LogP contribution < -0.4 is 0 Å². The third-order valence-electron chi connectivity index (χ3n) is 2.10. The minimum absolute atomic E-state index is 0.00384. The van der Waals surface area contributed by atoms with Crippen molar-refractivity contribution in [3.63, 3.8) is 0 Å². The zero-order chi connectivity index (χ0) is 9.14. The second kappa shape index (κ2) is 3.56. The topological polar surface area (TPSA) is 40.6 Å². The zero-order valence-corrected chi connectivity index (χ0v) is 7.41. The van der Waals surface area contributed by atoms with Crippen molar-refractivity contribution in [2.75, 3.05) is 20.6 Å². The van der Waals surface area contributed by atoms with Gasteiger partial charge in [0, 0.05) is 20.6 Å². The Labute approximate surface area is 72.1 Å². The molecule has 0 aliphatic carbocycles. The molecule has 1 fully saturated rings. The molecule has 1 aliphatic heterocycles. The van der Waals surface area contributed by atoms with Crippen LogP contribution >= 0.6 is 0 Å². The molecule has 67 valence electrons. The number of likely N-dealkylation sites (N-methyl/N-ethyl adjacent to an activating group) is 1. The van der Waals surface area contributed by atoms with Crippen molar-refractivity contribution in [1.29, 1.82) is 0 Å². The van der Waals surface area contributed by atoms with Gasteiger partial charge in [-0.2, -0.15) is 0 Å². The molecule has 4 nitrogen and oxygen atoms in total. The van der Waals surface area contributed by atoms with Crippen LogP contribution in [0.4, 0.5) is 0 Å². The van der Waals surface area contributed by atoms with Gasteiger partial charge in [0.2, 0.25) is 5.91 Å². The van der Waals surface area contributed by atoms with Gasteiger partial charge in [-0.05, 0) is 12.8 Å². The fourth-order valence-corrected chi connectivity index (χ4v) is 1.43. The molecule has 0 aromatic carbocycles. The third-order valence-corrected chi connectivity index (χ3v) is 2.10. The Morgan fingerprint density at radius 3 is 2.75 bits per heavy atom. The molecule has 0 aromatic rings. The number of hydrogen-bond acceptors (Lipinski definition) is 2. The Kier molecular flexibility index (Phi) is 2.68. The number of hydrogen-bond donors (Lipinski definition) is 0. The van der Waals surface area contributed by atoms with Gasteiger partial charge in [0.05, 0.1) is 0 Å². The first-order valence-electron chi connectivity index (χ1n) is 4.02. The van der Waals surface area contributed by atoms with E-state index in [0.29, 0.717) is 6.54 Å². The van der Waals surface area contributed by atoms with Crippen molar-refractivity contribution in [3.05, 3.63) is 0 Å². The fraction of sp³-hybridized carbons (Fsp3) is 0.750. The molecule has 0 spiro atoms. The number of rotatable bonds is 2. The molecule has 0 saturated carbocycles. The summed E-state index contributed by atoms with van der Waals surface area (Å²) in [5.74, 6) is -0.00384. The van der Waals surface area contributed by atoms with E-state index < -0.39 is 0 Å². The van der Waals surface area contributed by atoms with Crippen LogP contribution in [0.15, 0.2) is 0 Å². The number of carbonyl (C=O) groups is 1. The number of likely N-dealkylation sites (tertiary alicyclic amines) is 1. The predicted molar refractivity (Wildman–Crippen MR) is 44.1 cm³/mol. The molecule has 1 radical (unpaired) electrons. The normalized spacial score (nSPS) is 22.5. The van der Waals surface area contributed by atoms with E-state index in [9.17, 15) is 9.59 Å². The Morgan fingerprint density at radius 2 is 2.25 bits per heavy atom. The third kappa shape index (κ3) is 1.57. The van der Waals surface area contributed by atoms with Crippen LogP contribution in [0.1, 0.15) is 12.8 Å². The van der Waals surface area contributed by atoms with Gasteiger partial charge < -0.3 is 9.80 Å². The molecule has 0 N–H and O–H groups in total. The highest BCUT2D eigenvalue weighted by molar-refractivity contribution is 5.83. The van der Waals surface area contributed by atoms with Gasteiger partial charge in [-0.25, -0.2) is 0 Å². The average Bonchev–Trinajstić information content (AvgIpc) is 2.49. The van der Waals surface area contributed by atoms with Crippen LogP contribution in [0, 0.1) is 0 Å². The number of amides is 2. The highest BCUT2D eigenvalue weighted by atomic mass is 16.2. The minimum Gasteiger partial charge on any atom is -0.347 e. The summed E-state index contributed by atoms with van der Waals surface area (Å²) >= 11 is 0. The second-order valence-corrected chi connectivity index (χ2v) is 3.18. The fourth-order valence-electron chi connectivity index (χ4n) is 1.43. The average molecular weight is 169 g/mol. The van der Waals surface area contributed by atoms with Gasteiger partial charge in [0.1, 0.15) is 6.04 Å². The second-order valence-electron chi connectivity index (χ2n) is 3.18. The van der Waals surface area contributed by atoms with Crippen LogP contribution in [-0.2, 0) is 9.59 Å². The Hall–Kier alpha value is -1.06. The van der Waals surface area contributed by atoms with Gasteiger partial charge in [-0.15, -0.1) is 0 Å². The summed E-state index contributed by atoms with van der Waals surface area (Å²) in [7, 11) is 3.40. The summed E-state index contributed by atoms with van der Waals surface area (Å²) in [6.45, 7) is 0.660. The number of carbonyl (C=O) groups excluding carboxylic acids is 2. The monoisotopic (exact) mass is 169 g/mol. The molecule has 2 amide bonds. The Balaban J connectivity index is 2.61. The number of nitrogens with zero attached hydrogens (tertiary/aromatic N) is 2. The van der Waals surface area contributed by atoms with E-state index in [0.717, 1.165) is 12.8 Å². The van der Waals surface area contributed by atoms with Crippen LogP contribution in [-0.4, -0.2) is 48.8 Å².